The first-order valence-corrected chi connectivity index (χ1v) is 11.6. The van der Waals surface area contributed by atoms with E-state index < -0.39 is 0 Å². The van der Waals surface area contributed by atoms with Gasteiger partial charge in [-0.05, 0) is 36.4 Å². The number of amides is 3. The number of hydrogen-bond acceptors (Lipinski definition) is 5. The number of urea groups is 1. The molecular formula is C24H21FN6O2S. The number of nitrogens with zero attached hydrogens (tertiary/aromatic N) is 4. The summed E-state index contributed by atoms with van der Waals surface area (Å²) in [6.45, 7) is 1.40. The number of anilines is 1. The monoisotopic (exact) mass is 476 g/mol. The quantitative estimate of drug-likeness (QED) is 0.427. The third-order valence-corrected chi connectivity index (χ3v) is 6.29. The second kappa shape index (κ2) is 9.44. The van der Waals surface area contributed by atoms with Gasteiger partial charge in [-0.3, -0.25) is 9.69 Å². The van der Waals surface area contributed by atoms with Crippen molar-refractivity contribution in [1.29, 1.82) is 0 Å². The second-order valence-electron chi connectivity index (χ2n) is 7.75. The highest BCUT2D eigenvalue weighted by molar-refractivity contribution is 7.14. The van der Waals surface area contributed by atoms with Crippen molar-refractivity contribution in [3.05, 3.63) is 83.2 Å². The highest BCUT2D eigenvalue weighted by Gasteiger charge is 2.24. The lowest BCUT2D eigenvalue weighted by Crippen LogP contribution is -2.28. The number of thiazole rings is 1. The third kappa shape index (κ3) is 4.67. The van der Waals surface area contributed by atoms with Crippen molar-refractivity contribution in [1.82, 2.24) is 25.4 Å². The van der Waals surface area contributed by atoms with Gasteiger partial charge in [0.05, 0.1) is 23.5 Å². The summed E-state index contributed by atoms with van der Waals surface area (Å²) < 4.78 is 15.2. The third-order valence-electron chi connectivity index (χ3n) is 5.37. The van der Waals surface area contributed by atoms with E-state index in [4.69, 9.17) is 0 Å². The van der Waals surface area contributed by atoms with Gasteiger partial charge in [0.1, 0.15) is 5.82 Å². The van der Waals surface area contributed by atoms with Crippen LogP contribution in [0.2, 0.25) is 0 Å². The van der Waals surface area contributed by atoms with Gasteiger partial charge in [-0.25, -0.2) is 18.9 Å². The van der Waals surface area contributed by atoms with Crippen molar-refractivity contribution in [3.63, 3.8) is 0 Å². The van der Waals surface area contributed by atoms with Crippen molar-refractivity contribution in [2.75, 3.05) is 18.0 Å². The van der Waals surface area contributed by atoms with Gasteiger partial charge in [-0.15, -0.1) is 11.3 Å². The molecule has 4 aromatic rings. The smallest absolute Gasteiger partial charge is 0.323 e. The summed E-state index contributed by atoms with van der Waals surface area (Å²) in [5.41, 5.74) is 3.71. The maximum atomic E-state index is 13.4. The van der Waals surface area contributed by atoms with Gasteiger partial charge in [0.15, 0.2) is 5.13 Å². The molecule has 2 aromatic carbocycles. The average molecular weight is 477 g/mol. The molecule has 1 fully saturated rings. The summed E-state index contributed by atoms with van der Waals surface area (Å²) in [5, 5.41) is 12.7. The molecule has 5 rings (SSSR count). The van der Waals surface area contributed by atoms with E-state index in [2.05, 4.69) is 20.7 Å². The average Bonchev–Trinajstić information content (AvgIpc) is 3.59. The molecule has 1 saturated heterocycles. The molecular weight excluding hydrogens is 455 g/mol. The van der Waals surface area contributed by atoms with Crippen molar-refractivity contribution in [2.24, 2.45) is 0 Å². The lowest BCUT2D eigenvalue weighted by atomic mass is 10.1. The Labute approximate surface area is 199 Å². The van der Waals surface area contributed by atoms with Crippen LogP contribution in [-0.2, 0) is 17.8 Å². The van der Waals surface area contributed by atoms with Gasteiger partial charge in [0.2, 0.25) is 5.91 Å². The number of halogens is 1. The first-order valence-electron chi connectivity index (χ1n) is 10.7. The Morgan fingerprint density at radius 1 is 1.15 bits per heavy atom. The molecule has 172 valence electrons. The molecule has 2 N–H and O–H groups in total. The zero-order valence-corrected chi connectivity index (χ0v) is 18.9. The minimum Gasteiger partial charge on any atom is -0.352 e. The summed E-state index contributed by atoms with van der Waals surface area (Å²) >= 11 is 1.34. The Morgan fingerprint density at radius 3 is 2.68 bits per heavy atom. The molecule has 1 aliphatic rings. The molecule has 0 spiro atoms. The minimum absolute atomic E-state index is 0.102. The Morgan fingerprint density at radius 2 is 1.94 bits per heavy atom. The standard InChI is InChI=1S/C24H21FN6O2S/c25-18-8-6-16(7-9-18)22-17(14-31(29-22)20-4-2-1-3-5-20)13-27-21(32)12-19-15-34-24(28-19)30-11-10-26-23(30)33/h1-9,14-15H,10-13H2,(H,26,33)(H,27,32). The zero-order chi connectivity index (χ0) is 23.5. The molecule has 0 aliphatic carbocycles. The van der Waals surface area contributed by atoms with Gasteiger partial charge in [-0.2, -0.15) is 5.10 Å². The van der Waals surface area contributed by atoms with Gasteiger partial charge in [-0.1, -0.05) is 18.2 Å². The highest BCUT2D eigenvalue weighted by Crippen LogP contribution is 2.25. The van der Waals surface area contributed by atoms with Crippen molar-refractivity contribution >= 4 is 28.4 Å². The van der Waals surface area contributed by atoms with Crippen molar-refractivity contribution in [3.8, 4) is 16.9 Å². The molecule has 3 amide bonds. The lowest BCUT2D eigenvalue weighted by molar-refractivity contribution is -0.120. The van der Waals surface area contributed by atoms with E-state index in [1.807, 2.05) is 36.5 Å². The van der Waals surface area contributed by atoms with E-state index in [-0.39, 0.29) is 30.7 Å². The van der Waals surface area contributed by atoms with Gasteiger partial charge < -0.3 is 10.6 Å². The van der Waals surface area contributed by atoms with Crippen LogP contribution in [0.1, 0.15) is 11.3 Å². The first kappa shape index (κ1) is 21.8. The Balaban J connectivity index is 1.31. The fraction of sp³-hybridized carbons (Fsp3) is 0.167. The van der Waals surface area contributed by atoms with E-state index in [9.17, 15) is 14.0 Å². The van der Waals surface area contributed by atoms with Crippen LogP contribution in [0.5, 0.6) is 0 Å². The van der Waals surface area contributed by atoms with Crippen LogP contribution < -0.4 is 15.5 Å². The highest BCUT2D eigenvalue weighted by atomic mass is 32.1. The summed E-state index contributed by atoms with van der Waals surface area (Å²) in [5.74, 6) is -0.518. The number of benzene rings is 2. The molecule has 0 atom stereocenters. The maximum Gasteiger partial charge on any atom is 0.323 e. The minimum atomic E-state index is -0.324. The zero-order valence-electron chi connectivity index (χ0n) is 18.1. The predicted molar refractivity (Wildman–Crippen MR) is 127 cm³/mol. The molecule has 10 heteroatoms. The summed E-state index contributed by atoms with van der Waals surface area (Å²) in [6, 6.07) is 15.6. The van der Waals surface area contributed by atoms with Gasteiger partial charge >= 0.3 is 6.03 Å². The number of carbonyl (C=O) groups excluding carboxylic acids is 2. The maximum absolute atomic E-state index is 13.4. The number of rotatable bonds is 7. The SMILES string of the molecule is O=C(Cc1csc(N2CCNC2=O)n1)NCc1cn(-c2ccccc2)nc1-c1ccc(F)cc1. The van der Waals surface area contributed by atoms with Crippen LogP contribution in [0.4, 0.5) is 14.3 Å². The molecule has 34 heavy (non-hydrogen) atoms. The fourth-order valence-corrected chi connectivity index (χ4v) is 4.53. The van der Waals surface area contributed by atoms with E-state index in [1.165, 1.54) is 23.5 Å². The first-order chi connectivity index (χ1) is 16.6. The lowest BCUT2D eigenvalue weighted by Gasteiger charge is -2.08. The van der Waals surface area contributed by atoms with E-state index in [0.717, 1.165) is 16.8 Å². The number of para-hydroxylation sites is 1. The topological polar surface area (TPSA) is 92.1 Å². The van der Waals surface area contributed by atoms with E-state index in [1.54, 1.807) is 27.1 Å². The van der Waals surface area contributed by atoms with E-state index in [0.29, 0.717) is 29.6 Å². The molecule has 8 nitrogen and oxygen atoms in total. The van der Waals surface area contributed by atoms with Crippen LogP contribution in [0.25, 0.3) is 16.9 Å². The molecule has 0 unspecified atom stereocenters. The largest absolute Gasteiger partial charge is 0.352 e. The number of aromatic nitrogens is 3. The molecule has 0 radical (unpaired) electrons. The molecule has 0 saturated carbocycles. The van der Waals surface area contributed by atoms with Crippen molar-refractivity contribution in [2.45, 2.75) is 13.0 Å². The number of nitrogens with one attached hydrogen (secondary N) is 2. The number of carbonyl (C=O) groups is 2. The molecule has 2 aromatic heterocycles. The fourth-order valence-electron chi connectivity index (χ4n) is 3.68. The normalized spacial score (nSPS) is 13.2. The van der Waals surface area contributed by atoms with Gasteiger partial charge in [0.25, 0.3) is 0 Å². The molecule has 3 heterocycles. The Kier molecular flexibility index (Phi) is 6.05. The summed E-state index contributed by atoms with van der Waals surface area (Å²) in [4.78, 5) is 30.4. The Bertz CT molecular complexity index is 1320. The van der Waals surface area contributed by atoms with Gasteiger partial charge in [0, 0.05) is 42.3 Å². The summed E-state index contributed by atoms with van der Waals surface area (Å²) in [7, 11) is 0. The van der Waals surface area contributed by atoms with Crippen LogP contribution in [0.15, 0.2) is 66.2 Å². The van der Waals surface area contributed by atoms with Crippen LogP contribution >= 0.6 is 11.3 Å². The van der Waals surface area contributed by atoms with Crippen LogP contribution in [-0.4, -0.2) is 39.8 Å². The summed E-state index contributed by atoms with van der Waals surface area (Å²) in [6.07, 6.45) is 1.96. The predicted octanol–water partition coefficient (Wildman–Crippen LogP) is 3.52. The van der Waals surface area contributed by atoms with Crippen LogP contribution in [0.3, 0.4) is 0 Å². The molecule has 0 bridgehead atoms. The van der Waals surface area contributed by atoms with Crippen molar-refractivity contribution < 1.29 is 14.0 Å². The number of hydrogen-bond donors (Lipinski definition) is 2. The van der Waals surface area contributed by atoms with E-state index >= 15 is 0 Å². The van der Waals surface area contributed by atoms with Crippen LogP contribution in [0, 0.1) is 5.82 Å². The Hall–Kier alpha value is -4.05. The molecule has 1 aliphatic heterocycles. The second-order valence-corrected chi connectivity index (χ2v) is 8.59.